The van der Waals surface area contributed by atoms with Crippen LogP contribution in [-0.4, -0.2) is 54.0 Å². The first kappa shape index (κ1) is 27.9. The summed E-state index contributed by atoms with van der Waals surface area (Å²) >= 11 is 0. The molecule has 2 N–H and O–H groups in total. The minimum absolute atomic E-state index is 0.0223. The molecule has 1 saturated heterocycles. The Morgan fingerprint density at radius 3 is 2.52 bits per heavy atom. The van der Waals surface area contributed by atoms with E-state index in [0.717, 1.165) is 78.5 Å². The minimum atomic E-state index is -0.0223. The van der Waals surface area contributed by atoms with Gasteiger partial charge >= 0.3 is 0 Å². The zero-order valence-corrected chi connectivity index (χ0v) is 23.5. The molecule has 1 amide bonds. The van der Waals surface area contributed by atoms with Crippen LogP contribution in [-0.2, 0) is 13.0 Å². The van der Waals surface area contributed by atoms with Gasteiger partial charge in [0.25, 0.3) is 5.91 Å². The van der Waals surface area contributed by atoms with Gasteiger partial charge in [0.2, 0.25) is 0 Å². The summed E-state index contributed by atoms with van der Waals surface area (Å²) in [5, 5.41) is 2.13. The fourth-order valence-electron chi connectivity index (χ4n) is 5.81. The molecule has 0 aromatic heterocycles. The van der Waals surface area contributed by atoms with Gasteiger partial charge in [-0.3, -0.25) is 9.69 Å². The number of hydrogen-bond acceptors (Lipinski definition) is 4. The maximum Gasteiger partial charge on any atom is 0.254 e. The topological polar surface area (TPSA) is 58.8 Å². The van der Waals surface area contributed by atoms with Gasteiger partial charge < -0.3 is 15.4 Å². The lowest BCUT2D eigenvalue weighted by Crippen LogP contribution is -2.57. The van der Waals surface area contributed by atoms with Crippen molar-refractivity contribution in [2.75, 3.05) is 26.2 Å². The normalized spacial score (nSPS) is 16.6. The van der Waals surface area contributed by atoms with E-state index in [0.29, 0.717) is 19.2 Å². The lowest BCUT2D eigenvalue weighted by atomic mass is 9.99. The summed E-state index contributed by atoms with van der Waals surface area (Å²) < 4.78 is 6.19. The van der Waals surface area contributed by atoms with Gasteiger partial charge in [0, 0.05) is 43.8 Å². The number of unbranched alkanes of at least 4 members (excludes halogenated alkanes) is 1. The van der Waals surface area contributed by atoms with Crippen LogP contribution >= 0.6 is 0 Å². The number of ether oxygens (including phenoxy) is 1. The van der Waals surface area contributed by atoms with E-state index in [1.807, 2.05) is 60.7 Å². The van der Waals surface area contributed by atoms with Crippen LogP contribution in [0.25, 0.3) is 10.8 Å². The Bertz CT molecular complexity index is 1380. The Kier molecular flexibility index (Phi) is 9.48. The highest BCUT2D eigenvalue weighted by Crippen LogP contribution is 2.25. The fraction of sp³-hybridized carbons (Fsp3) is 0.343. The predicted octanol–water partition coefficient (Wildman–Crippen LogP) is 6.31. The molecule has 0 bridgehead atoms. The van der Waals surface area contributed by atoms with E-state index in [4.69, 9.17) is 10.5 Å². The van der Waals surface area contributed by atoms with Gasteiger partial charge in [-0.15, -0.1) is 0 Å². The first-order chi connectivity index (χ1) is 19.6. The number of nitrogens with zero attached hydrogens (tertiary/aromatic N) is 2. The number of rotatable bonds is 11. The summed E-state index contributed by atoms with van der Waals surface area (Å²) in [6.07, 6.45) is 4.10. The molecule has 4 aromatic carbocycles. The molecule has 4 aromatic rings. The third kappa shape index (κ3) is 6.90. The number of para-hydroxylation sites is 1. The van der Waals surface area contributed by atoms with E-state index < -0.39 is 0 Å². The Balaban J connectivity index is 1.23. The molecule has 0 saturated carbocycles. The van der Waals surface area contributed by atoms with Crippen molar-refractivity contribution in [3.8, 4) is 5.75 Å². The van der Waals surface area contributed by atoms with Gasteiger partial charge in [0.15, 0.2) is 0 Å². The molecular weight excluding hydrogens is 494 g/mol. The number of carbonyl (C=O) groups is 1. The zero-order valence-electron chi connectivity index (χ0n) is 23.5. The van der Waals surface area contributed by atoms with Gasteiger partial charge in [-0.1, -0.05) is 105 Å². The third-order valence-corrected chi connectivity index (χ3v) is 7.96. The number of fused-ring (bicyclic) bond motifs is 1. The Morgan fingerprint density at radius 1 is 0.925 bits per heavy atom. The zero-order chi connectivity index (χ0) is 27.7. The van der Waals surface area contributed by atoms with Crippen LogP contribution in [0.15, 0.2) is 97.1 Å². The molecule has 5 rings (SSSR count). The van der Waals surface area contributed by atoms with Crippen LogP contribution in [0.2, 0.25) is 0 Å². The highest BCUT2D eigenvalue weighted by atomic mass is 16.5. The van der Waals surface area contributed by atoms with Crippen LogP contribution in [0.3, 0.4) is 0 Å². The molecule has 0 aliphatic carbocycles. The van der Waals surface area contributed by atoms with Crippen molar-refractivity contribution in [1.82, 2.24) is 9.80 Å². The highest BCUT2D eigenvalue weighted by molar-refractivity contribution is 6.07. The summed E-state index contributed by atoms with van der Waals surface area (Å²) in [6.45, 7) is 5.87. The SMILES string of the molecule is CCCC[C@H]1CN(C(=O)c2cccc3ccccc23)CCN1CC(N)Cc1ccccc1OCc1ccccc1. The molecular formula is C35H41N3O2. The van der Waals surface area contributed by atoms with E-state index in [2.05, 4.69) is 53.1 Å². The van der Waals surface area contributed by atoms with Gasteiger partial charge in [0.05, 0.1) is 0 Å². The van der Waals surface area contributed by atoms with Crippen LogP contribution < -0.4 is 10.5 Å². The number of amides is 1. The standard InChI is InChI=1S/C35H41N3O2/c1-2-3-17-31-25-38(35(39)33-19-11-16-28-14-7-9-18-32(28)33)22-21-37(31)24-30(36)23-29-15-8-10-20-34(29)40-26-27-12-5-4-6-13-27/h4-16,18-20,30-31H,2-3,17,21-26,36H2,1H3/t30?,31-/m0/s1. The van der Waals surface area contributed by atoms with Crippen molar-refractivity contribution in [2.45, 2.75) is 51.3 Å². The second kappa shape index (κ2) is 13.6. The van der Waals surface area contributed by atoms with Crippen LogP contribution in [0.1, 0.15) is 47.7 Å². The lowest BCUT2D eigenvalue weighted by Gasteiger charge is -2.42. The van der Waals surface area contributed by atoms with Crippen molar-refractivity contribution < 1.29 is 9.53 Å². The maximum absolute atomic E-state index is 13.7. The van der Waals surface area contributed by atoms with E-state index in [-0.39, 0.29) is 11.9 Å². The molecule has 1 aliphatic heterocycles. The quantitative estimate of drug-likeness (QED) is 0.245. The summed E-state index contributed by atoms with van der Waals surface area (Å²) in [4.78, 5) is 18.2. The molecule has 5 heteroatoms. The molecule has 1 unspecified atom stereocenters. The lowest BCUT2D eigenvalue weighted by molar-refractivity contribution is 0.0443. The largest absolute Gasteiger partial charge is 0.489 e. The van der Waals surface area contributed by atoms with E-state index in [1.54, 1.807) is 0 Å². The van der Waals surface area contributed by atoms with Crippen molar-refractivity contribution in [1.29, 1.82) is 0 Å². The van der Waals surface area contributed by atoms with Crippen LogP contribution in [0.4, 0.5) is 0 Å². The summed E-state index contributed by atoms with van der Waals surface area (Å²) in [5.41, 5.74) is 9.86. The number of carbonyl (C=O) groups excluding carboxylic acids is 1. The van der Waals surface area contributed by atoms with Gasteiger partial charge in [0.1, 0.15) is 12.4 Å². The predicted molar refractivity (Wildman–Crippen MR) is 164 cm³/mol. The van der Waals surface area contributed by atoms with E-state index >= 15 is 0 Å². The molecule has 1 fully saturated rings. The number of nitrogens with two attached hydrogens (primary N) is 1. The number of hydrogen-bond donors (Lipinski definition) is 1. The monoisotopic (exact) mass is 535 g/mol. The average Bonchev–Trinajstić information content (AvgIpc) is 3.00. The summed E-state index contributed by atoms with van der Waals surface area (Å²) in [5.74, 6) is 1.03. The van der Waals surface area contributed by atoms with Crippen molar-refractivity contribution in [3.63, 3.8) is 0 Å². The van der Waals surface area contributed by atoms with Crippen molar-refractivity contribution in [3.05, 3.63) is 114 Å². The smallest absolute Gasteiger partial charge is 0.254 e. The first-order valence-corrected chi connectivity index (χ1v) is 14.6. The van der Waals surface area contributed by atoms with Gasteiger partial charge in [-0.05, 0) is 46.9 Å². The highest BCUT2D eigenvalue weighted by Gasteiger charge is 2.31. The fourth-order valence-corrected chi connectivity index (χ4v) is 5.81. The van der Waals surface area contributed by atoms with E-state index in [1.165, 1.54) is 0 Å². The molecule has 208 valence electrons. The summed E-state index contributed by atoms with van der Waals surface area (Å²) in [7, 11) is 0. The van der Waals surface area contributed by atoms with Crippen molar-refractivity contribution in [2.24, 2.45) is 5.73 Å². The Morgan fingerprint density at radius 2 is 1.68 bits per heavy atom. The second-order valence-electron chi connectivity index (χ2n) is 10.9. The average molecular weight is 536 g/mol. The molecule has 2 atom stereocenters. The van der Waals surface area contributed by atoms with Crippen LogP contribution in [0, 0.1) is 0 Å². The van der Waals surface area contributed by atoms with Gasteiger partial charge in [-0.2, -0.15) is 0 Å². The third-order valence-electron chi connectivity index (χ3n) is 7.96. The van der Waals surface area contributed by atoms with Gasteiger partial charge in [-0.25, -0.2) is 0 Å². The molecule has 1 aliphatic rings. The molecule has 0 spiro atoms. The number of piperazine rings is 1. The Hall–Kier alpha value is -3.67. The van der Waals surface area contributed by atoms with Crippen molar-refractivity contribution >= 4 is 16.7 Å². The molecule has 5 nitrogen and oxygen atoms in total. The minimum Gasteiger partial charge on any atom is -0.489 e. The van der Waals surface area contributed by atoms with Crippen LogP contribution in [0.5, 0.6) is 5.75 Å². The van der Waals surface area contributed by atoms with E-state index in [9.17, 15) is 4.79 Å². The molecule has 40 heavy (non-hydrogen) atoms. The first-order valence-electron chi connectivity index (χ1n) is 14.6. The second-order valence-corrected chi connectivity index (χ2v) is 10.9. The molecule has 1 heterocycles. The number of benzene rings is 4. The molecule has 0 radical (unpaired) electrons. The maximum atomic E-state index is 13.7. The summed E-state index contributed by atoms with van der Waals surface area (Å²) in [6, 6.07) is 32.9. The Labute approximate surface area is 238 Å².